The first-order valence-electron chi connectivity index (χ1n) is 4.57. The van der Waals surface area contributed by atoms with Crippen molar-refractivity contribution in [2.45, 2.75) is 6.92 Å². The number of allylic oxidation sites excluding steroid dienone is 1. The summed E-state index contributed by atoms with van der Waals surface area (Å²) in [5, 5.41) is 9.28. The minimum atomic E-state index is 0.229. The molecule has 0 saturated carbocycles. The molecule has 74 valence electrons. The van der Waals surface area contributed by atoms with E-state index in [2.05, 4.69) is 0 Å². The summed E-state index contributed by atoms with van der Waals surface area (Å²) in [4.78, 5) is 0. The largest absolute Gasteiger partial charge is 0.508 e. The molecule has 0 amide bonds. The lowest BCUT2D eigenvalue weighted by Gasteiger charge is -2.21. The molecule has 3 N–H and O–H groups in total. The molecule has 3 nitrogen and oxygen atoms in total. The average Bonchev–Trinajstić information content (AvgIpc) is 2.18. The molecule has 0 aromatic heterocycles. The van der Waals surface area contributed by atoms with Gasteiger partial charge in [0.15, 0.2) is 0 Å². The summed E-state index contributed by atoms with van der Waals surface area (Å²) in [5.41, 5.74) is 8.89. The summed E-state index contributed by atoms with van der Waals surface area (Å²) in [6, 6.07) is 5.14. The van der Waals surface area contributed by atoms with E-state index in [0.717, 1.165) is 22.5 Å². The molecular formula is C11H13NO2. The van der Waals surface area contributed by atoms with Gasteiger partial charge in [0.25, 0.3) is 0 Å². The highest BCUT2D eigenvalue weighted by molar-refractivity contribution is 5.74. The van der Waals surface area contributed by atoms with Gasteiger partial charge in [-0.05, 0) is 30.2 Å². The van der Waals surface area contributed by atoms with Crippen molar-refractivity contribution in [1.29, 1.82) is 0 Å². The van der Waals surface area contributed by atoms with E-state index in [9.17, 15) is 5.11 Å². The van der Waals surface area contributed by atoms with Crippen molar-refractivity contribution in [3.63, 3.8) is 0 Å². The number of ether oxygens (including phenoxy) is 1. The maximum absolute atomic E-state index is 9.28. The van der Waals surface area contributed by atoms with Gasteiger partial charge in [-0.15, -0.1) is 0 Å². The molecule has 1 aliphatic heterocycles. The van der Waals surface area contributed by atoms with Gasteiger partial charge in [-0.2, -0.15) is 0 Å². The molecule has 0 saturated heterocycles. The number of hydrogen-bond acceptors (Lipinski definition) is 3. The third-order valence-corrected chi connectivity index (χ3v) is 2.55. The van der Waals surface area contributed by atoms with Crippen molar-refractivity contribution in [1.82, 2.24) is 0 Å². The Kier molecular flexibility index (Phi) is 2.17. The van der Waals surface area contributed by atoms with Crippen molar-refractivity contribution < 1.29 is 9.84 Å². The van der Waals surface area contributed by atoms with Crippen LogP contribution in [0.3, 0.4) is 0 Å². The lowest BCUT2D eigenvalue weighted by molar-refractivity contribution is 0.341. The zero-order valence-electron chi connectivity index (χ0n) is 8.08. The van der Waals surface area contributed by atoms with Crippen LogP contribution in [0, 0.1) is 0 Å². The Hall–Kier alpha value is -1.48. The van der Waals surface area contributed by atoms with Gasteiger partial charge >= 0.3 is 0 Å². The molecule has 1 aromatic rings. The Morgan fingerprint density at radius 3 is 3.00 bits per heavy atom. The fourth-order valence-electron chi connectivity index (χ4n) is 1.62. The number of fused-ring (bicyclic) bond motifs is 1. The second-order valence-corrected chi connectivity index (χ2v) is 3.40. The van der Waals surface area contributed by atoms with Crippen LogP contribution in [0.4, 0.5) is 0 Å². The molecule has 0 unspecified atom stereocenters. The molecule has 1 aliphatic rings. The Balaban J connectivity index is 2.52. The van der Waals surface area contributed by atoms with E-state index >= 15 is 0 Å². The number of hydrogen-bond donors (Lipinski definition) is 2. The van der Waals surface area contributed by atoms with Crippen molar-refractivity contribution in [2.24, 2.45) is 5.73 Å². The number of nitrogens with two attached hydrogens (primary N) is 1. The molecule has 0 bridgehead atoms. The molecular weight excluding hydrogens is 178 g/mol. The maximum atomic E-state index is 9.28. The number of benzene rings is 1. The molecule has 0 atom stereocenters. The van der Waals surface area contributed by atoms with Crippen LogP contribution in [0.1, 0.15) is 12.5 Å². The van der Waals surface area contributed by atoms with Gasteiger partial charge in [0, 0.05) is 18.2 Å². The van der Waals surface area contributed by atoms with Gasteiger partial charge in [0.2, 0.25) is 0 Å². The third-order valence-electron chi connectivity index (χ3n) is 2.55. The van der Waals surface area contributed by atoms with E-state index in [0.29, 0.717) is 13.2 Å². The molecule has 1 aromatic carbocycles. The Morgan fingerprint density at radius 2 is 2.29 bits per heavy atom. The Bertz CT molecular complexity index is 396. The van der Waals surface area contributed by atoms with Crippen LogP contribution in [0.2, 0.25) is 0 Å². The number of rotatable bonds is 1. The standard InChI is InChI=1S/C11H13NO2/c1-7-8(5-12)6-14-11-4-9(13)2-3-10(7)11/h2-4,13H,5-6,12H2,1H3. The first-order chi connectivity index (χ1) is 6.72. The first kappa shape index (κ1) is 9.09. The summed E-state index contributed by atoms with van der Waals surface area (Å²) >= 11 is 0. The van der Waals surface area contributed by atoms with Gasteiger partial charge in [-0.1, -0.05) is 0 Å². The molecule has 1 heterocycles. The minimum absolute atomic E-state index is 0.229. The average molecular weight is 191 g/mol. The normalized spacial score (nSPS) is 15.0. The number of aromatic hydroxyl groups is 1. The van der Waals surface area contributed by atoms with Crippen LogP contribution in [0.15, 0.2) is 23.8 Å². The predicted molar refractivity (Wildman–Crippen MR) is 55.3 cm³/mol. The van der Waals surface area contributed by atoms with Gasteiger partial charge in [0.05, 0.1) is 0 Å². The maximum Gasteiger partial charge on any atom is 0.130 e. The summed E-state index contributed by atoms with van der Waals surface area (Å²) in [7, 11) is 0. The monoisotopic (exact) mass is 191 g/mol. The van der Waals surface area contributed by atoms with Crippen LogP contribution in [0.25, 0.3) is 5.57 Å². The number of phenols is 1. The van der Waals surface area contributed by atoms with E-state index in [1.54, 1.807) is 12.1 Å². The van der Waals surface area contributed by atoms with Crippen LogP contribution < -0.4 is 10.5 Å². The van der Waals surface area contributed by atoms with E-state index in [1.807, 2.05) is 13.0 Å². The van der Waals surface area contributed by atoms with Crippen molar-refractivity contribution in [3.05, 3.63) is 29.3 Å². The molecule has 14 heavy (non-hydrogen) atoms. The summed E-state index contributed by atoms with van der Waals surface area (Å²) < 4.78 is 5.48. The fourth-order valence-corrected chi connectivity index (χ4v) is 1.62. The lowest BCUT2D eigenvalue weighted by atomic mass is 9.98. The van der Waals surface area contributed by atoms with Crippen molar-refractivity contribution in [3.8, 4) is 11.5 Å². The molecule has 0 radical (unpaired) electrons. The minimum Gasteiger partial charge on any atom is -0.508 e. The zero-order valence-corrected chi connectivity index (χ0v) is 8.08. The summed E-state index contributed by atoms with van der Waals surface area (Å²) in [6.45, 7) is 3.07. The second-order valence-electron chi connectivity index (χ2n) is 3.40. The van der Waals surface area contributed by atoms with E-state index < -0.39 is 0 Å². The smallest absolute Gasteiger partial charge is 0.130 e. The third kappa shape index (κ3) is 1.36. The predicted octanol–water partition coefficient (Wildman–Crippen LogP) is 1.52. The van der Waals surface area contributed by atoms with Gasteiger partial charge in [0.1, 0.15) is 18.1 Å². The van der Waals surface area contributed by atoms with Crippen molar-refractivity contribution in [2.75, 3.05) is 13.2 Å². The second kappa shape index (κ2) is 3.35. The first-order valence-corrected chi connectivity index (χ1v) is 4.57. The van der Waals surface area contributed by atoms with Crippen LogP contribution in [-0.4, -0.2) is 18.3 Å². The molecule has 3 heteroatoms. The highest BCUT2D eigenvalue weighted by Crippen LogP contribution is 2.34. The molecule has 0 spiro atoms. The van der Waals surface area contributed by atoms with Crippen molar-refractivity contribution >= 4 is 5.57 Å². The van der Waals surface area contributed by atoms with Crippen LogP contribution >= 0.6 is 0 Å². The van der Waals surface area contributed by atoms with Gasteiger partial charge in [-0.25, -0.2) is 0 Å². The van der Waals surface area contributed by atoms with E-state index in [4.69, 9.17) is 10.5 Å². The fraction of sp³-hybridized carbons (Fsp3) is 0.273. The van der Waals surface area contributed by atoms with Gasteiger partial charge in [-0.3, -0.25) is 0 Å². The molecule has 0 fully saturated rings. The van der Waals surface area contributed by atoms with Crippen LogP contribution in [-0.2, 0) is 0 Å². The number of phenolic OH excluding ortho intramolecular Hbond substituents is 1. The SMILES string of the molecule is CC1=C(CN)COc2cc(O)ccc21. The quantitative estimate of drug-likeness (QED) is 0.707. The van der Waals surface area contributed by atoms with E-state index in [-0.39, 0.29) is 5.75 Å². The van der Waals surface area contributed by atoms with Crippen LogP contribution in [0.5, 0.6) is 11.5 Å². The highest BCUT2D eigenvalue weighted by Gasteiger charge is 2.16. The summed E-state index contributed by atoms with van der Waals surface area (Å²) in [5.74, 6) is 0.965. The Morgan fingerprint density at radius 1 is 1.50 bits per heavy atom. The topological polar surface area (TPSA) is 55.5 Å². The highest BCUT2D eigenvalue weighted by atomic mass is 16.5. The van der Waals surface area contributed by atoms with Gasteiger partial charge < -0.3 is 15.6 Å². The molecule has 2 rings (SSSR count). The Labute approximate surface area is 82.8 Å². The zero-order chi connectivity index (χ0) is 10.1. The lowest BCUT2D eigenvalue weighted by Crippen LogP contribution is -2.16. The summed E-state index contributed by atoms with van der Waals surface area (Å²) in [6.07, 6.45) is 0. The van der Waals surface area contributed by atoms with E-state index in [1.165, 1.54) is 0 Å². The molecule has 0 aliphatic carbocycles.